The standard InChI is InChI=1S/C18H20O4/c1-21-15-4-2-3-14(9-15)12-5-7-13(8-6-12)17-10-16(20)18(11-19)22-17/h2-9,16-20H,10-11H2,1H3/t16-,17+,18+/m0/s1. The van der Waals surface area contributed by atoms with E-state index < -0.39 is 12.2 Å². The second-order valence-electron chi connectivity index (χ2n) is 5.50. The van der Waals surface area contributed by atoms with Gasteiger partial charge >= 0.3 is 0 Å². The molecule has 1 aliphatic rings. The monoisotopic (exact) mass is 300 g/mol. The van der Waals surface area contributed by atoms with E-state index >= 15 is 0 Å². The van der Waals surface area contributed by atoms with Gasteiger partial charge in [-0.25, -0.2) is 0 Å². The molecule has 0 unspecified atom stereocenters. The maximum Gasteiger partial charge on any atom is 0.119 e. The molecule has 0 spiro atoms. The lowest BCUT2D eigenvalue weighted by Gasteiger charge is -2.13. The number of methoxy groups -OCH3 is 1. The Bertz CT molecular complexity index is 623. The molecule has 2 aromatic carbocycles. The first-order valence-corrected chi connectivity index (χ1v) is 7.40. The zero-order valence-corrected chi connectivity index (χ0v) is 12.5. The average molecular weight is 300 g/mol. The molecule has 4 heteroatoms. The Labute approximate surface area is 129 Å². The fourth-order valence-corrected chi connectivity index (χ4v) is 2.80. The van der Waals surface area contributed by atoms with Crippen LogP contribution < -0.4 is 4.74 Å². The van der Waals surface area contributed by atoms with Crippen LogP contribution in [0.15, 0.2) is 48.5 Å². The van der Waals surface area contributed by atoms with Crippen molar-refractivity contribution in [1.29, 1.82) is 0 Å². The highest BCUT2D eigenvalue weighted by atomic mass is 16.5. The molecule has 4 nitrogen and oxygen atoms in total. The lowest BCUT2D eigenvalue weighted by Crippen LogP contribution is -2.24. The van der Waals surface area contributed by atoms with Crippen LogP contribution >= 0.6 is 0 Å². The van der Waals surface area contributed by atoms with E-state index in [1.54, 1.807) is 7.11 Å². The van der Waals surface area contributed by atoms with Crippen molar-refractivity contribution in [3.05, 3.63) is 54.1 Å². The van der Waals surface area contributed by atoms with Crippen molar-refractivity contribution in [2.75, 3.05) is 13.7 Å². The summed E-state index contributed by atoms with van der Waals surface area (Å²) in [5.74, 6) is 0.828. The van der Waals surface area contributed by atoms with Gasteiger partial charge in [0.05, 0.1) is 25.9 Å². The largest absolute Gasteiger partial charge is 0.497 e. The molecular weight excluding hydrogens is 280 g/mol. The molecule has 22 heavy (non-hydrogen) atoms. The zero-order chi connectivity index (χ0) is 15.5. The summed E-state index contributed by atoms with van der Waals surface area (Å²) >= 11 is 0. The van der Waals surface area contributed by atoms with E-state index in [0.717, 1.165) is 22.4 Å². The zero-order valence-electron chi connectivity index (χ0n) is 12.5. The van der Waals surface area contributed by atoms with E-state index in [1.807, 2.05) is 48.5 Å². The van der Waals surface area contributed by atoms with Crippen molar-refractivity contribution < 1.29 is 19.7 Å². The maximum absolute atomic E-state index is 9.81. The van der Waals surface area contributed by atoms with Crippen molar-refractivity contribution >= 4 is 0 Å². The predicted molar refractivity (Wildman–Crippen MR) is 83.8 cm³/mol. The van der Waals surface area contributed by atoms with Gasteiger partial charge in [0.2, 0.25) is 0 Å². The number of aliphatic hydroxyl groups is 2. The summed E-state index contributed by atoms with van der Waals surface area (Å²) in [7, 11) is 1.66. The Morgan fingerprint density at radius 3 is 2.55 bits per heavy atom. The number of ether oxygens (including phenoxy) is 2. The van der Waals surface area contributed by atoms with Gasteiger partial charge in [-0.05, 0) is 28.8 Å². The number of aliphatic hydroxyl groups excluding tert-OH is 2. The average Bonchev–Trinajstić information content (AvgIpc) is 2.96. The van der Waals surface area contributed by atoms with Gasteiger partial charge in [-0.2, -0.15) is 0 Å². The minimum Gasteiger partial charge on any atom is -0.497 e. The smallest absolute Gasteiger partial charge is 0.119 e. The minimum absolute atomic E-state index is 0.153. The first kappa shape index (κ1) is 15.0. The molecule has 0 saturated carbocycles. The summed E-state index contributed by atoms with van der Waals surface area (Å²) in [5.41, 5.74) is 3.20. The van der Waals surface area contributed by atoms with Gasteiger partial charge in [-0.1, -0.05) is 36.4 Å². The molecule has 3 rings (SSSR count). The van der Waals surface area contributed by atoms with Crippen LogP contribution in [-0.4, -0.2) is 36.1 Å². The third-order valence-corrected chi connectivity index (χ3v) is 4.09. The van der Waals surface area contributed by atoms with Crippen LogP contribution in [0.25, 0.3) is 11.1 Å². The third kappa shape index (κ3) is 2.99. The molecule has 1 heterocycles. The molecule has 0 radical (unpaired) electrons. The second kappa shape index (κ2) is 6.48. The van der Waals surface area contributed by atoms with Crippen molar-refractivity contribution in [3.8, 4) is 16.9 Å². The molecular formula is C18H20O4. The van der Waals surface area contributed by atoms with Crippen LogP contribution in [0.2, 0.25) is 0 Å². The van der Waals surface area contributed by atoms with Crippen LogP contribution in [0.4, 0.5) is 0 Å². The van der Waals surface area contributed by atoms with Crippen molar-refractivity contribution in [2.45, 2.75) is 24.7 Å². The Hall–Kier alpha value is -1.88. The summed E-state index contributed by atoms with van der Waals surface area (Å²) in [6.45, 7) is -0.153. The molecule has 2 aromatic rings. The number of rotatable bonds is 4. The third-order valence-electron chi connectivity index (χ3n) is 4.09. The van der Waals surface area contributed by atoms with Gasteiger partial charge in [0.15, 0.2) is 0 Å². The highest BCUT2D eigenvalue weighted by molar-refractivity contribution is 5.65. The van der Waals surface area contributed by atoms with Crippen molar-refractivity contribution in [2.24, 2.45) is 0 Å². The second-order valence-corrected chi connectivity index (χ2v) is 5.50. The summed E-state index contributed by atoms with van der Waals surface area (Å²) in [6, 6.07) is 16.0. The van der Waals surface area contributed by atoms with E-state index in [9.17, 15) is 5.11 Å². The van der Waals surface area contributed by atoms with E-state index in [1.165, 1.54) is 0 Å². The highest BCUT2D eigenvalue weighted by Crippen LogP contribution is 2.34. The molecule has 0 aromatic heterocycles. The molecule has 1 saturated heterocycles. The van der Waals surface area contributed by atoms with E-state index in [2.05, 4.69) is 0 Å². The number of hydrogen-bond donors (Lipinski definition) is 2. The molecule has 0 aliphatic carbocycles. The first-order chi connectivity index (χ1) is 10.7. The lowest BCUT2D eigenvalue weighted by atomic mass is 10.00. The van der Waals surface area contributed by atoms with Gasteiger partial charge < -0.3 is 19.7 Å². The molecule has 3 atom stereocenters. The van der Waals surface area contributed by atoms with Gasteiger partial charge in [0, 0.05) is 6.42 Å². The summed E-state index contributed by atoms with van der Waals surface area (Å²) in [5, 5.41) is 19.0. The van der Waals surface area contributed by atoms with E-state index in [0.29, 0.717) is 6.42 Å². The molecule has 1 aliphatic heterocycles. The van der Waals surface area contributed by atoms with Crippen LogP contribution in [0.3, 0.4) is 0 Å². The summed E-state index contributed by atoms with van der Waals surface area (Å²) < 4.78 is 10.9. The molecule has 116 valence electrons. The molecule has 0 amide bonds. The molecule has 1 fully saturated rings. The Morgan fingerprint density at radius 1 is 1.14 bits per heavy atom. The van der Waals surface area contributed by atoms with Gasteiger partial charge in [-0.15, -0.1) is 0 Å². The summed E-state index contributed by atoms with van der Waals surface area (Å²) in [6.07, 6.45) is -0.730. The van der Waals surface area contributed by atoms with Crippen LogP contribution in [0.1, 0.15) is 18.1 Å². The lowest BCUT2D eigenvalue weighted by molar-refractivity contribution is -0.0225. The van der Waals surface area contributed by atoms with Crippen LogP contribution in [-0.2, 0) is 4.74 Å². The first-order valence-electron chi connectivity index (χ1n) is 7.40. The normalized spacial score (nSPS) is 24.4. The quantitative estimate of drug-likeness (QED) is 0.911. The fourth-order valence-electron chi connectivity index (χ4n) is 2.80. The van der Waals surface area contributed by atoms with Crippen molar-refractivity contribution in [3.63, 3.8) is 0 Å². The van der Waals surface area contributed by atoms with Gasteiger partial charge in [-0.3, -0.25) is 0 Å². The Kier molecular flexibility index (Phi) is 4.43. The SMILES string of the molecule is COc1cccc(-c2ccc([C@H]3C[C@H](O)[C@@H](CO)O3)cc2)c1. The molecule has 2 N–H and O–H groups in total. The Morgan fingerprint density at radius 2 is 1.91 bits per heavy atom. The van der Waals surface area contributed by atoms with Crippen LogP contribution in [0.5, 0.6) is 5.75 Å². The highest BCUT2D eigenvalue weighted by Gasteiger charge is 2.34. The van der Waals surface area contributed by atoms with E-state index in [4.69, 9.17) is 14.6 Å². The molecule has 0 bridgehead atoms. The van der Waals surface area contributed by atoms with Gasteiger partial charge in [0.1, 0.15) is 11.9 Å². The van der Waals surface area contributed by atoms with Crippen LogP contribution in [0, 0.1) is 0 Å². The number of benzene rings is 2. The summed E-state index contributed by atoms with van der Waals surface area (Å²) in [4.78, 5) is 0. The maximum atomic E-state index is 9.81. The minimum atomic E-state index is -0.604. The van der Waals surface area contributed by atoms with Gasteiger partial charge in [0.25, 0.3) is 0 Å². The fraction of sp³-hybridized carbons (Fsp3) is 0.333. The predicted octanol–water partition coefficient (Wildman–Crippen LogP) is 2.55. The topological polar surface area (TPSA) is 58.9 Å². The Balaban J connectivity index is 1.78. The van der Waals surface area contributed by atoms with E-state index in [-0.39, 0.29) is 12.7 Å². The van der Waals surface area contributed by atoms with Crippen molar-refractivity contribution in [1.82, 2.24) is 0 Å². The number of hydrogen-bond acceptors (Lipinski definition) is 4.